The van der Waals surface area contributed by atoms with Crippen LogP contribution in [0.5, 0.6) is 6.01 Å². The molecule has 0 aliphatic rings. The zero-order valence-corrected chi connectivity index (χ0v) is 10.6. The lowest BCUT2D eigenvalue weighted by atomic mass is 10.3. The molecule has 0 unspecified atom stereocenters. The monoisotopic (exact) mass is 284 g/mol. The van der Waals surface area contributed by atoms with E-state index in [2.05, 4.69) is 25.7 Å². The second-order valence-electron chi connectivity index (χ2n) is 3.37. The predicted molar refractivity (Wildman–Crippen MR) is 68.9 cm³/mol. The molecule has 9 heteroatoms. The van der Waals surface area contributed by atoms with Gasteiger partial charge in [-0.15, -0.1) is 0 Å². The molecule has 19 heavy (non-hydrogen) atoms. The molecule has 0 aliphatic carbocycles. The van der Waals surface area contributed by atoms with E-state index in [0.717, 1.165) is 0 Å². The third-order valence-electron chi connectivity index (χ3n) is 2.10. The molecule has 0 saturated heterocycles. The number of nitrogens with two attached hydrogens (primary N) is 1. The van der Waals surface area contributed by atoms with E-state index in [-0.39, 0.29) is 22.9 Å². The number of rotatable bonds is 4. The Labute approximate surface area is 113 Å². The summed E-state index contributed by atoms with van der Waals surface area (Å²) in [5.74, 6) is 5.02. The van der Waals surface area contributed by atoms with Crippen molar-refractivity contribution >= 4 is 29.2 Å². The first-order chi connectivity index (χ1) is 9.12. The number of nitrogens with one attached hydrogen (secondary N) is 2. The van der Waals surface area contributed by atoms with Crippen LogP contribution in [0.1, 0.15) is 0 Å². The Bertz CT molecular complexity index is 574. The van der Waals surface area contributed by atoms with Crippen LogP contribution >= 0.6 is 11.6 Å². The zero-order chi connectivity index (χ0) is 13.8. The van der Waals surface area contributed by atoms with Crippen molar-refractivity contribution < 1.29 is 9.13 Å². The van der Waals surface area contributed by atoms with Crippen LogP contribution in [0.25, 0.3) is 0 Å². The summed E-state index contributed by atoms with van der Waals surface area (Å²) in [7, 11) is 1.41. The average molecular weight is 285 g/mol. The van der Waals surface area contributed by atoms with Crippen molar-refractivity contribution in [1.29, 1.82) is 0 Å². The number of aromatic nitrogens is 3. The minimum Gasteiger partial charge on any atom is -0.467 e. The van der Waals surface area contributed by atoms with Gasteiger partial charge < -0.3 is 10.1 Å². The van der Waals surface area contributed by atoms with E-state index in [1.165, 1.54) is 25.3 Å². The highest BCUT2D eigenvalue weighted by atomic mass is 35.5. The number of methoxy groups -OCH3 is 1. The summed E-state index contributed by atoms with van der Waals surface area (Å²) < 4.78 is 17.9. The Morgan fingerprint density at radius 1 is 1.26 bits per heavy atom. The van der Waals surface area contributed by atoms with Crippen molar-refractivity contribution in [3.8, 4) is 6.01 Å². The number of hydrogen-bond acceptors (Lipinski definition) is 7. The minimum absolute atomic E-state index is 0.0109. The van der Waals surface area contributed by atoms with Gasteiger partial charge in [-0.25, -0.2) is 10.2 Å². The second kappa shape index (κ2) is 5.63. The molecule has 0 bridgehead atoms. The SMILES string of the molecule is COc1nc(NN)nc(Nc2ccc(F)c(Cl)c2)n1. The predicted octanol–water partition coefficient (Wildman–Crippen LogP) is 1.70. The number of anilines is 3. The lowest BCUT2D eigenvalue weighted by Crippen LogP contribution is -2.13. The number of hydrazine groups is 1. The number of benzene rings is 1. The molecule has 0 aliphatic heterocycles. The molecule has 1 aromatic heterocycles. The second-order valence-corrected chi connectivity index (χ2v) is 3.77. The highest BCUT2D eigenvalue weighted by Crippen LogP contribution is 2.22. The molecule has 2 rings (SSSR count). The number of nitrogens with zero attached hydrogens (tertiary/aromatic N) is 3. The first-order valence-corrected chi connectivity index (χ1v) is 5.49. The highest BCUT2D eigenvalue weighted by molar-refractivity contribution is 6.31. The molecule has 0 amide bonds. The topological polar surface area (TPSA) is 98.0 Å². The van der Waals surface area contributed by atoms with Crippen LogP contribution in [-0.2, 0) is 0 Å². The van der Waals surface area contributed by atoms with Gasteiger partial charge in [0.1, 0.15) is 5.82 Å². The van der Waals surface area contributed by atoms with Gasteiger partial charge in [0.15, 0.2) is 0 Å². The van der Waals surface area contributed by atoms with Crippen molar-refractivity contribution in [2.75, 3.05) is 17.9 Å². The van der Waals surface area contributed by atoms with Gasteiger partial charge in [0.25, 0.3) is 0 Å². The van der Waals surface area contributed by atoms with Gasteiger partial charge in [-0.1, -0.05) is 11.6 Å². The molecule has 0 fully saturated rings. The molecule has 0 spiro atoms. The molecular formula is C10H10ClFN6O. The Morgan fingerprint density at radius 2 is 2.00 bits per heavy atom. The molecule has 1 aromatic carbocycles. The summed E-state index contributed by atoms with van der Waals surface area (Å²) in [4.78, 5) is 11.8. The smallest absolute Gasteiger partial charge is 0.322 e. The van der Waals surface area contributed by atoms with Crippen molar-refractivity contribution in [2.24, 2.45) is 5.84 Å². The number of hydrogen-bond donors (Lipinski definition) is 3. The zero-order valence-electron chi connectivity index (χ0n) is 9.82. The highest BCUT2D eigenvalue weighted by Gasteiger charge is 2.07. The number of halogens is 2. The lowest BCUT2D eigenvalue weighted by molar-refractivity contribution is 0.379. The van der Waals surface area contributed by atoms with Gasteiger partial charge in [0, 0.05) is 5.69 Å². The molecule has 7 nitrogen and oxygen atoms in total. The van der Waals surface area contributed by atoms with Gasteiger partial charge >= 0.3 is 6.01 Å². The first kappa shape index (κ1) is 13.2. The summed E-state index contributed by atoms with van der Waals surface area (Å²) in [6.45, 7) is 0. The molecule has 2 aromatic rings. The summed E-state index contributed by atoms with van der Waals surface area (Å²) in [5.41, 5.74) is 2.80. The fourth-order valence-corrected chi connectivity index (χ4v) is 1.45. The summed E-state index contributed by atoms with van der Waals surface area (Å²) >= 11 is 5.67. The largest absolute Gasteiger partial charge is 0.467 e. The van der Waals surface area contributed by atoms with Crippen LogP contribution in [0.4, 0.5) is 22.0 Å². The van der Waals surface area contributed by atoms with Crippen molar-refractivity contribution in [3.63, 3.8) is 0 Å². The Hall–Kier alpha value is -2.19. The van der Waals surface area contributed by atoms with Crippen LogP contribution in [0.3, 0.4) is 0 Å². The van der Waals surface area contributed by atoms with Crippen LogP contribution in [0.2, 0.25) is 5.02 Å². The molecule has 4 N–H and O–H groups in total. The quantitative estimate of drug-likeness (QED) is 0.580. The molecule has 100 valence electrons. The molecular weight excluding hydrogens is 275 g/mol. The van der Waals surface area contributed by atoms with E-state index in [9.17, 15) is 4.39 Å². The third kappa shape index (κ3) is 3.18. The van der Waals surface area contributed by atoms with Crippen LogP contribution in [-0.4, -0.2) is 22.1 Å². The Balaban J connectivity index is 2.29. The average Bonchev–Trinajstić information content (AvgIpc) is 2.42. The maximum absolute atomic E-state index is 13.0. The van der Waals surface area contributed by atoms with Crippen LogP contribution < -0.4 is 21.3 Å². The van der Waals surface area contributed by atoms with Crippen LogP contribution in [0, 0.1) is 5.82 Å². The Kier molecular flexibility index (Phi) is 3.93. The first-order valence-electron chi connectivity index (χ1n) is 5.11. The molecule has 0 radical (unpaired) electrons. The van der Waals surface area contributed by atoms with E-state index >= 15 is 0 Å². The summed E-state index contributed by atoms with van der Waals surface area (Å²) in [6.07, 6.45) is 0. The van der Waals surface area contributed by atoms with E-state index in [4.69, 9.17) is 22.2 Å². The van der Waals surface area contributed by atoms with E-state index < -0.39 is 5.82 Å². The summed E-state index contributed by atoms with van der Waals surface area (Å²) in [6, 6.07) is 4.21. The standard InChI is InChI=1S/C10H10ClFN6O/c1-19-10-16-8(15-9(17-10)18-13)14-5-2-3-7(12)6(11)4-5/h2-4H,13H2,1H3,(H2,14,15,16,17,18). The molecule has 1 heterocycles. The fourth-order valence-electron chi connectivity index (χ4n) is 1.27. The van der Waals surface area contributed by atoms with Crippen molar-refractivity contribution in [3.05, 3.63) is 29.0 Å². The fraction of sp³-hybridized carbons (Fsp3) is 0.100. The normalized spacial score (nSPS) is 10.1. The van der Waals surface area contributed by atoms with Gasteiger partial charge in [0.2, 0.25) is 11.9 Å². The Morgan fingerprint density at radius 3 is 2.63 bits per heavy atom. The van der Waals surface area contributed by atoms with Gasteiger partial charge in [-0.2, -0.15) is 15.0 Å². The molecule has 0 atom stereocenters. The van der Waals surface area contributed by atoms with Gasteiger partial charge in [-0.3, -0.25) is 5.43 Å². The third-order valence-corrected chi connectivity index (χ3v) is 2.39. The van der Waals surface area contributed by atoms with Gasteiger partial charge in [0.05, 0.1) is 12.1 Å². The van der Waals surface area contributed by atoms with Gasteiger partial charge in [-0.05, 0) is 18.2 Å². The van der Waals surface area contributed by atoms with Crippen molar-refractivity contribution in [2.45, 2.75) is 0 Å². The lowest BCUT2D eigenvalue weighted by Gasteiger charge is -2.08. The maximum atomic E-state index is 13.0. The van der Waals surface area contributed by atoms with Crippen molar-refractivity contribution in [1.82, 2.24) is 15.0 Å². The number of nitrogen functional groups attached to an aromatic ring is 1. The minimum atomic E-state index is -0.509. The summed E-state index contributed by atoms with van der Waals surface area (Å²) in [5, 5.41) is 2.82. The maximum Gasteiger partial charge on any atom is 0.322 e. The number of ether oxygens (including phenoxy) is 1. The molecule has 0 saturated carbocycles. The van der Waals surface area contributed by atoms with E-state index in [1.807, 2.05) is 0 Å². The van der Waals surface area contributed by atoms with E-state index in [0.29, 0.717) is 5.69 Å². The van der Waals surface area contributed by atoms with Crippen LogP contribution in [0.15, 0.2) is 18.2 Å². The van der Waals surface area contributed by atoms with E-state index in [1.54, 1.807) is 0 Å².